The molecular weight excluding hydrogens is 282 g/mol. The molecule has 0 atom stereocenters. The fourth-order valence-corrected chi connectivity index (χ4v) is 2.84. The summed E-state index contributed by atoms with van der Waals surface area (Å²) < 4.78 is 1.96. The third-order valence-corrected chi connectivity index (χ3v) is 3.87. The van der Waals surface area contributed by atoms with Gasteiger partial charge in [-0.25, -0.2) is 4.98 Å². The molecule has 0 bridgehead atoms. The van der Waals surface area contributed by atoms with Gasteiger partial charge in [-0.2, -0.15) is 0 Å². The summed E-state index contributed by atoms with van der Waals surface area (Å²) in [6.07, 6.45) is 3.63. The minimum atomic E-state index is -0.137. The Morgan fingerprint density at radius 3 is 3.21 bits per heavy atom. The molecule has 0 fully saturated rings. The van der Waals surface area contributed by atoms with E-state index >= 15 is 0 Å². The van der Waals surface area contributed by atoms with Crippen LogP contribution in [-0.2, 0) is 6.54 Å². The van der Waals surface area contributed by atoms with Gasteiger partial charge in [0.1, 0.15) is 0 Å². The molecule has 0 aliphatic heterocycles. The fraction of sp³-hybridized carbons (Fsp3) is 0.0769. The number of fused-ring (bicyclic) bond motifs is 1. The van der Waals surface area contributed by atoms with Gasteiger partial charge >= 0.3 is 0 Å². The van der Waals surface area contributed by atoms with E-state index in [1.165, 1.54) is 0 Å². The molecule has 0 aliphatic rings. The predicted molar refractivity (Wildman–Crippen MR) is 75.7 cm³/mol. The average molecular weight is 292 g/mol. The van der Waals surface area contributed by atoms with Crippen molar-refractivity contribution < 1.29 is 4.79 Å². The smallest absolute Gasteiger partial charge is 0.251 e. The Morgan fingerprint density at radius 2 is 2.37 bits per heavy atom. The van der Waals surface area contributed by atoms with Crippen LogP contribution in [0.25, 0.3) is 4.96 Å². The molecular formula is C13H10ClN3OS. The van der Waals surface area contributed by atoms with Crippen molar-refractivity contribution in [2.24, 2.45) is 0 Å². The lowest BCUT2D eigenvalue weighted by molar-refractivity contribution is 0.0950. The van der Waals surface area contributed by atoms with E-state index in [9.17, 15) is 4.79 Å². The zero-order chi connectivity index (χ0) is 13.2. The summed E-state index contributed by atoms with van der Waals surface area (Å²) in [6, 6.07) is 6.89. The van der Waals surface area contributed by atoms with Crippen LogP contribution in [0.5, 0.6) is 0 Å². The number of carbonyl (C=O) groups is 1. The van der Waals surface area contributed by atoms with Crippen molar-refractivity contribution in [1.82, 2.24) is 14.7 Å². The Kier molecular flexibility index (Phi) is 3.23. The number of hydrogen-bond donors (Lipinski definition) is 1. The van der Waals surface area contributed by atoms with Crippen molar-refractivity contribution in [1.29, 1.82) is 0 Å². The molecule has 1 amide bonds. The second-order valence-electron chi connectivity index (χ2n) is 4.00. The van der Waals surface area contributed by atoms with Gasteiger partial charge in [0.25, 0.3) is 5.91 Å². The number of imidazole rings is 1. The molecule has 0 radical (unpaired) electrons. The first-order valence-electron chi connectivity index (χ1n) is 5.67. The highest BCUT2D eigenvalue weighted by Gasteiger charge is 2.08. The molecule has 96 valence electrons. The Morgan fingerprint density at radius 1 is 1.47 bits per heavy atom. The summed E-state index contributed by atoms with van der Waals surface area (Å²) >= 11 is 7.41. The van der Waals surface area contributed by atoms with Crippen molar-refractivity contribution in [2.45, 2.75) is 6.54 Å². The van der Waals surface area contributed by atoms with Crippen LogP contribution in [-0.4, -0.2) is 15.3 Å². The minimum absolute atomic E-state index is 0.137. The maximum Gasteiger partial charge on any atom is 0.251 e. The number of rotatable bonds is 3. The third kappa shape index (κ3) is 2.47. The third-order valence-electron chi connectivity index (χ3n) is 2.73. The SMILES string of the molecule is O=C(NCc1csc2nccn12)c1cccc(Cl)c1. The van der Waals surface area contributed by atoms with Gasteiger partial charge in [0.15, 0.2) is 4.96 Å². The lowest BCUT2D eigenvalue weighted by Gasteiger charge is -2.04. The summed E-state index contributed by atoms with van der Waals surface area (Å²) in [5, 5.41) is 5.41. The molecule has 3 rings (SSSR count). The zero-order valence-electron chi connectivity index (χ0n) is 9.84. The van der Waals surface area contributed by atoms with E-state index < -0.39 is 0 Å². The van der Waals surface area contributed by atoms with Crippen LogP contribution in [0.3, 0.4) is 0 Å². The first kappa shape index (κ1) is 12.2. The van der Waals surface area contributed by atoms with Crippen LogP contribution in [0.15, 0.2) is 42.0 Å². The van der Waals surface area contributed by atoms with E-state index in [4.69, 9.17) is 11.6 Å². The standard InChI is InChI=1S/C13H10ClN3OS/c14-10-3-1-2-9(6-10)12(18)16-7-11-8-19-13-15-4-5-17(11)13/h1-6,8H,7H2,(H,16,18). The monoisotopic (exact) mass is 291 g/mol. The highest BCUT2D eigenvalue weighted by atomic mass is 35.5. The Hall–Kier alpha value is -1.85. The van der Waals surface area contributed by atoms with E-state index in [0.29, 0.717) is 17.1 Å². The molecule has 0 spiro atoms. The maximum absolute atomic E-state index is 12.0. The molecule has 0 aliphatic carbocycles. The topological polar surface area (TPSA) is 46.4 Å². The molecule has 0 saturated heterocycles. The molecule has 0 saturated carbocycles. The van der Waals surface area contributed by atoms with Gasteiger partial charge < -0.3 is 5.32 Å². The van der Waals surface area contributed by atoms with E-state index in [1.807, 2.05) is 16.0 Å². The second kappa shape index (κ2) is 5.03. The predicted octanol–water partition coefficient (Wildman–Crippen LogP) is 2.98. The molecule has 19 heavy (non-hydrogen) atoms. The van der Waals surface area contributed by atoms with E-state index in [0.717, 1.165) is 10.7 Å². The highest BCUT2D eigenvalue weighted by Crippen LogP contribution is 2.15. The number of carbonyl (C=O) groups excluding carboxylic acids is 1. The van der Waals surface area contributed by atoms with Crippen molar-refractivity contribution in [3.63, 3.8) is 0 Å². The number of nitrogens with one attached hydrogen (secondary N) is 1. The van der Waals surface area contributed by atoms with Gasteiger partial charge in [0, 0.05) is 28.4 Å². The van der Waals surface area contributed by atoms with Crippen LogP contribution in [0.1, 0.15) is 16.1 Å². The highest BCUT2D eigenvalue weighted by molar-refractivity contribution is 7.15. The number of hydrogen-bond acceptors (Lipinski definition) is 3. The van der Waals surface area contributed by atoms with Crippen LogP contribution < -0.4 is 5.32 Å². The second-order valence-corrected chi connectivity index (χ2v) is 5.27. The molecule has 6 heteroatoms. The van der Waals surface area contributed by atoms with Crippen LogP contribution >= 0.6 is 22.9 Å². The van der Waals surface area contributed by atoms with Crippen molar-refractivity contribution in [3.8, 4) is 0 Å². The van der Waals surface area contributed by atoms with Gasteiger partial charge in [-0.05, 0) is 18.2 Å². The zero-order valence-corrected chi connectivity index (χ0v) is 11.4. The van der Waals surface area contributed by atoms with Crippen molar-refractivity contribution >= 4 is 33.8 Å². The number of nitrogens with zero attached hydrogens (tertiary/aromatic N) is 2. The molecule has 3 aromatic rings. The van der Waals surface area contributed by atoms with Crippen molar-refractivity contribution in [3.05, 3.63) is 58.3 Å². The number of aromatic nitrogens is 2. The average Bonchev–Trinajstić information content (AvgIpc) is 2.99. The lowest BCUT2D eigenvalue weighted by Crippen LogP contribution is -2.23. The number of amides is 1. The summed E-state index contributed by atoms with van der Waals surface area (Å²) in [5.41, 5.74) is 1.57. The Labute approximate surface area is 118 Å². The number of halogens is 1. The van der Waals surface area contributed by atoms with E-state index in [1.54, 1.807) is 41.8 Å². The number of benzene rings is 1. The quantitative estimate of drug-likeness (QED) is 0.806. The summed E-state index contributed by atoms with van der Waals surface area (Å²) in [6.45, 7) is 0.460. The van der Waals surface area contributed by atoms with E-state index in [2.05, 4.69) is 10.3 Å². The van der Waals surface area contributed by atoms with Gasteiger partial charge in [-0.3, -0.25) is 9.20 Å². The Bertz CT molecular complexity index is 734. The normalized spacial score (nSPS) is 10.8. The largest absolute Gasteiger partial charge is 0.346 e. The first-order valence-corrected chi connectivity index (χ1v) is 6.93. The first-order chi connectivity index (χ1) is 9.24. The van der Waals surface area contributed by atoms with Crippen LogP contribution in [0.2, 0.25) is 5.02 Å². The fourth-order valence-electron chi connectivity index (χ4n) is 1.80. The van der Waals surface area contributed by atoms with Crippen LogP contribution in [0.4, 0.5) is 0 Å². The van der Waals surface area contributed by atoms with Gasteiger partial charge in [-0.1, -0.05) is 17.7 Å². The number of thiazole rings is 1. The minimum Gasteiger partial charge on any atom is -0.346 e. The maximum atomic E-state index is 12.0. The summed E-state index contributed by atoms with van der Waals surface area (Å²) in [4.78, 5) is 17.1. The van der Waals surface area contributed by atoms with Gasteiger partial charge in [-0.15, -0.1) is 11.3 Å². The molecule has 1 N–H and O–H groups in total. The lowest BCUT2D eigenvalue weighted by atomic mass is 10.2. The molecule has 0 unspecified atom stereocenters. The summed E-state index contributed by atoms with van der Waals surface area (Å²) in [5.74, 6) is -0.137. The van der Waals surface area contributed by atoms with Crippen LogP contribution in [0, 0.1) is 0 Å². The Balaban J connectivity index is 1.73. The molecule has 2 heterocycles. The van der Waals surface area contributed by atoms with Crippen molar-refractivity contribution in [2.75, 3.05) is 0 Å². The molecule has 1 aromatic carbocycles. The molecule has 4 nitrogen and oxygen atoms in total. The van der Waals surface area contributed by atoms with Gasteiger partial charge in [0.05, 0.1) is 12.2 Å². The molecule has 2 aromatic heterocycles. The van der Waals surface area contributed by atoms with E-state index in [-0.39, 0.29) is 5.91 Å². The summed E-state index contributed by atoms with van der Waals surface area (Å²) in [7, 11) is 0. The van der Waals surface area contributed by atoms with Gasteiger partial charge in [0.2, 0.25) is 0 Å².